The van der Waals surface area contributed by atoms with Crippen LogP contribution >= 0.6 is 0 Å². The number of nitriles is 1. The molecule has 0 bridgehead atoms. The van der Waals surface area contributed by atoms with Crippen LogP contribution in [0.1, 0.15) is 24.2 Å². The topological polar surface area (TPSA) is 47.3 Å². The molecule has 0 unspecified atom stereocenters. The monoisotopic (exact) mass is 258 g/mol. The second kappa shape index (κ2) is 5.27. The van der Waals surface area contributed by atoms with E-state index < -0.39 is 18.8 Å². The maximum absolute atomic E-state index is 12.3. The predicted octanol–water partition coefficient (Wildman–Crippen LogP) is 2.61. The Labute approximate surface area is 103 Å². The number of halogens is 3. The maximum Gasteiger partial charge on any atom is 0.405 e. The van der Waals surface area contributed by atoms with Crippen molar-refractivity contribution in [3.63, 3.8) is 0 Å². The van der Waals surface area contributed by atoms with Crippen LogP contribution in [0.15, 0.2) is 18.2 Å². The lowest BCUT2D eigenvalue weighted by Gasteiger charge is -2.24. The van der Waals surface area contributed by atoms with E-state index in [1.165, 1.54) is 32.2 Å². The fraction of sp³-hybridized carbons (Fsp3) is 0.417. The molecule has 0 fully saturated rings. The number of hydrogen-bond acceptors (Lipinski definition) is 3. The number of rotatable bonds is 3. The summed E-state index contributed by atoms with van der Waals surface area (Å²) in [6.07, 6.45) is -5.24. The Morgan fingerprint density at radius 3 is 2.50 bits per heavy atom. The van der Waals surface area contributed by atoms with Gasteiger partial charge in [-0.05, 0) is 19.1 Å². The van der Waals surface area contributed by atoms with Gasteiger partial charge in [-0.3, -0.25) is 0 Å². The van der Waals surface area contributed by atoms with Crippen LogP contribution in [0.25, 0.3) is 0 Å². The van der Waals surface area contributed by atoms with Crippen molar-refractivity contribution >= 4 is 5.69 Å². The fourth-order valence-corrected chi connectivity index (χ4v) is 1.65. The van der Waals surface area contributed by atoms with Crippen LogP contribution in [0.2, 0.25) is 0 Å². The van der Waals surface area contributed by atoms with E-state index in [0.717, 1.165) is 4.90 Å². The van der Waals surface area contributed by atoms with Crippen molar-refractivity contribution in [3.05, 3.63) is 29.3 Å². The number of aliphatic hydroxyl groups is 1. The largest absolute Gasteiger partial charge is 0.405 e. The number of nitrogens with zero attached hydrogens (tertiary/aromatic N) is 2. The van der Waals surface area contributed by atoms with Gasteiger partial charge in [0.1, 0.15) is 6.54 Å². The summed E-state index contributed by atoms with van der Waals surface area (Å²) < 4.78 is 37.0. The highest BCUT2D eigenvalue weighted by atomic mass is 19.4. The molecule has 1 N–H and O–H groups in total. The van der Waals surface area contributed by atoms with Gasteiger partial charge in [-0.15, -0.1) is 0 Å². The first-order valence-electron chi connectivity index (χ1n) is 5.24. The lowest BCUT2D eigenvalue weighted by molar-refractivity contribution is -0.119. The molecule has 98 valence electrons. The van der Waals surface area contributed by atoms with Crippen LogP contribution < -0.4 is 4.90 Å². The Morgan fingerprint density at radius 1 is 1.44 bits per heavy atom. The number of alkyl halides is 3. The molecule has 3 nitrogen and oxygen atoms in total. The lowest BCUT2D eigenvalue weighted by atomic mass is 10.0. The minimum Gasteiger partial charge on any atom is -0.389 e. The summed E-state index contributed by atoms with van der Waals surface area (Å²) in [5.74, 6) is 0. The number of benzene rings is 1. The Balaban J connectivity index is 3.15. The highest BCUT2D eigenvalue weighted by molar-refractivity contribution is 5.58. The summed E-state index contributed by atoms with van der Waals surface area (Å²) in [4.78, 5) is 0.975. The summed E-state index contributed by atoms with van der Waals surface area (Å²) in [7, 11) is 1.27. The molecule has 1 aromatic carbocycles. The summed E-state index contributed by atoms with van der Waals surface area (Å²) in [6, 6.07) is 6.13. The highest BCUT2D eigenvalue weighted by Gasteiger charge is 2.30. The quantitative estimate of drug-likeness (QED) is 0.906. The van der Waals surface area contributed by atoms with E-state index >= 15 is 0 Å². The predicted molar refractivity (Wildman–Crippen MR) is 61.1 cm³/mol. The first-order valence-corrected chi connectivity index (χ1v) is 5.24. The number of aliphatic hydroxyl groups excluding tert-OH is 1. The molecule has 0 aliphatic rings. The molecule has 1 atom stereocenters. The molecule has 0 radical (unpaired) electrons. The molecular weight excluding hydrogens is 245 g/mol. The van der Waals surface area contributed by atoms with Crippen LogP contribution in [0.5, 0.6) is 0 Å². The molecule has 1 rings (SSSR count). The maximum atomic E-state index is 12.3. The zero-order chi connectivity index (χ0) is 13.9. The van der Waals surface area contributed by atoms with Crippen LogP contribution in [-0.2, 0) is 0 Å². The SMILES string of the molecule is C[C@@H](O)c1ccc(C#N)cc1N(C)CC(F)(F)F. The zero-order valence-corrected chi connectivity index (χ0v) is 9.99. The fourth-order valence-electron chi connectivity index (χ4n) is 1.65. The first-order chi connectivity index (χ1) is 8.24. The van der Waals surface area contributed by atoms with Gasteiger partial charge < -0.3 is 10.0 Å². The van der Waals surface area contributed by atoms with Gasteiger partial charge in [0.05, 0.1) is 17.7 Å². The Morgan fingerprint density at radius 2 is 2.06 bits per heavy atom. The minimum atomic E-state index is -4.34. The van der Waals surface area contributed by atoms with Gasteiger partial charge >= 0.3 is 6.18 Å². The van der Waals surface area contributed by atoms with Gasteiger partial charge in [-0.2, -0.15) is 18.4 Å². The summed E-state index contributed by atoms with van der Waals surface area (Å²) in [6.45, 7) is 0.327. The van der Waals surface area contributed by atoms with Crippen LogP contribution in [0.4, 0.5) is 18.9 Å². The molecule has 18 heavy (non-hydrogen) atoms. The van der Waals surface area contributed by atoms with Crippen LogP contribution in [0.3, 0.4) is 0 Å². The van der Waals surface area contributed by atoms with Crippen LogP contribution in [0, 0.1) is 11.3 Å². The molecule has 0 saturated heterocycles. The average Bonchev–Trinajstić information content (AvgIpc) is 2.25. The average molecular weight is 258 g/mol. The molecule has 0 amide bonds. The van der Waals surface area contributed by atoms with E-state index in [-0.39, 0.29) is 11.3 Å². The molecule has 0 saturated carbocycles. The van der Waals surface area contributed by atoms with E-state index in [4.69, 9.17) is 5.26 Å². The molecule has 0 aliphatic heterocycles. The summed E-state index contributed by atoms with van der Waals surface area (Å²) in [5.41, 5.74) is 0.825. The van der Waals surface area contributed by atoms with Crippen molar-refractivity contribution in [2.24, 2.45) is 0 Å². The van der Waals surface area contributed by atoms with Crippen LogP contribution in [-0.4, -0.2) is 24.9 Å². The normalized spacial score (nSPS) is 12.9. The second-order valence-corrected chi connectivity index (χ2v) is 4.03. The highest BCUT2D eigenvalue weighted by Crippen LogP contribution is 2.29. The molecule has 6 heteroatoms. The Kier molecular flexibility index (Phi) is 4.19. The summed E-state index contributed by atoms with van der Waals surface area (Å²) in [5, 5.41) is 18.3. The minimum absolute atomic E-state index is 0.210. The molecule has 0 heterocycles. The van der Waals surface area contributed by atoms with Crippen molar-refractivity contribution in [1.29, 1.82) is 5.26 Å². The second-order valence-electron chi connectivity index (χ2n) is 4.03. The number of hydrogen-bond donors (Lipinski definition) is 1. The van der Waals surface area contributed by atoms with Gasteiger partial charge in [0, 0.05) is 18.3 Å². The summed E-state index contributed by atoms with van der Waals surface area (Å²) >= 11 is 0. The third kappa shape index (κ3) is 3.64. The van der Waals surface area contributed by atoms with Gasteiger partial charge in [0.15, 0.2) is 0 Å². The van der Waals surface area contributed by atoms with E-state index in [9.17, 15) is 18.3 Å². The van der Waals surface area contributed by atoms with Crippen molar-refractivity contribution in [3.8, 4) is 6.07 Å². The third-order valence-electron chi connectivity index (χ3n) is 2.44. The van der Waals surface area contributed by atoms with Gasteiger partial charge in [0.2, 0.25) is 0 Å². The van der Waals surface area contributed by atoms with Gasteiger partial charge in [-0.1, -0.05) is 6.07 Å². The molecule has 0 aromatic heterocycles. The molecule has 0 aliphatic carbocycles. The van der Waals surface area contributed by atoms with Crippen molar-refractivity contribution in [2.45, 2.75) is 19.2 Å². The zero-order valence-electron chi connectivity index (χ0n) is 9.99. The standard InChI is InChI=1S/C12H13F3N2O/c1-8(18)10-4-3-9(6-16)5-11(10)17(2)7-12(13,14)15/h3-5,8,18H,7H2,1-2H3/t8-/m1/s1. The van der Waals surface area contributed by atoms with Crippen molar-refractivity contribution in [1.82, 2.24) is 0 Å². The van der Waals surface area contributed by atoms with E-state index in [0.29, 0.717) is 5.56 Å². The van der Waals surface area contributed by atoms with Crippen molar-refractivity contribution in [2.75, 3.05) is 18.5 Å². The Hall–Kier alpha value is -1.74. The smallest absolute Gasteiger partial charge is 0.389 e. The Bertz CT molecular complexity index is 463. The first kappa shape index (κ1) is 14.3. The third-order valence-corrected chi connectivity index (χ3v) is 2.44. The van der Waals surface area contributed by atoms with E-state index in [1.54, 1.807) is 0 Å². The lowest BCUT2D eigenvalue weighted by Crippen LogP contribution is -2.31. The van der Waals surface area contributed by atoms with Gasteiger partial charge in [0.25, 0.3) is 0 Å². The van der Waals surface area contributed by atoms with Crippen molar-refractivity contribution < 1.29 is 18.3 Å². The number of anilines is 1. The molecule has 0 spiro atoms. The van der Waals surface area contributed by atoms with Gasteiger partial charge in [-0.25, -0.2) is 0 Å². The molecule has 1 aromatic rings. The molecular formula is C12H13F3N2O. The van der Waals surface area contributed by atoms with E-state index in [1.807, 2.05) is 6.07 Å². The van der Waals surface area contributed by atoms with E-state index in [2.05, 4.69) is 0 Å².